The van der Waals surface area contributed by atoms with E-state index in [1.807, 2.05) is 59.2 Å². The maximum atomic E-state index is 12.6. The van der Waals surface area contributed by atoms with Gasteiger partial charge in [-0.3, -0.25) is 14.2 Å². The van der Waals surface area contributed by atoms with Gasteiger partial charge in [-0.25, -0.2) is 0 Å². The Labute approximate surface area is 206 Å². The Hall–Kier alpha value is -3.62. The molecule has 0 aliphatic rings. The van der Waals surface area contributed by atoms with Crippen molar-refractivity contribution in [2.75, 3.05) is 16.4 Å². The van der Waals surface area contributed by atoms with Crippen molar-refractivity contribution in [3.8, 4) is 11.4 Å². The minimum absolute atomic E-state index is 0.151. The minimum atomic E-state index is -0.188. The fraction of sp³-hybridized carbons (Fsp3) is 0.120. The number of nitrogens with zero attached hydrogens (tertiary/aromatic N) is 3. The molecule has 172 valence electrons. The lowest BCUT2D eigenvalue weighted by Crippen LogP contribution is -2.15. The zero-order valence-corrected chi connectivity index (χ0v) is 19.9. The fourth-order valence-corrected chi connectivity index (χ4v) is 4.19. The van der Waals surface area contributed by atoms with Crippen LogP contribution in [0, 0.1) is 0 Å². The standard InChI is InChI=1S/C25H22ClN5O2S/c1-17(32)27-21-8-5-9-22(14-21)28-23(33)16-34-25-30-29-24(19-10-12-20(26)13-11-19)31(25)15-18-6-3-2-4-7-18/h2-14H,15-16H2,1H3,(H,27,32)(H,28,33). The molecule has 0 spiro atoms. The van der Waals surface area contributed by atoms with Crippen LogP contribution in [0.15, 0.2) is 84.0 Å². The molecule has 0 bridgehead atoms. The van der Waals surface area contributed by atoms with Gasteiger partial charge in [0, 0.05) is 28.9 Å². The Kier molecular flexibility index (Phi) is 7.61. The summed E-state index contributed by atoms with van der Waals surface area (Å²) in [5.41, 5.74) is 3.20. The molecule has 1 aromatic heterocycles. The van der Waals surface area contributed by atoms with E-state index in [4.69, 9.17) is 11.6 Å². The van der Waals surface area contributed by atoms with Gasteiger partial charge in [-0.1, -0.05) is 59.8 Å². The zero-order chi connectivity index (χ0) is 23.9. The number of carbonyl (C=O) groups is 2. The van der Waals surface area contributed by atoms with Gasteiger partial charge in [0.25, 0.3) is 0 Å². The van der Waals surface area contributed by atoms with E-state index in [1.54, 1.807) is 24.3 Å². The topological polar surface area (TPSA) is 88.9 Å². The maximum Gasteiger partial charge on any atom is 0.234 e. The number of hydrogen-bond acceptors (Lipinski definition) is 5. The van der Waals surface area contributed by atoms with E-state index < -0.39 is 0 Å². The Morgan fingerprint density at radius 1 is 0.912 bits per heavy atom. The highest BCUT2D eigenvalue weighted by molar-refractivity contribution is 7.99. The lowest BCUT2D eigenvalue weighted by Gasteiger charge is -2.11. The number of nitrogens with one attached hydrogen (secondary N) is 2. The SMILES string of the molecule is CC(=O)Nc1cccc(NC(=O)CSc2nnc(-c3ccc(Cl)cc3)n2Cc2ccccc2)c1. The number of hydrogen-bond donors (Lipinski definition) is 2. The van der Waals surface area contributed by atoms with Crippen molar-refractivity contribution >= 4 is 46.6 Å². The molecular formula is C25H22ClN5O2S. The van der Waals surface area contributed by atoms with Crippen LogP contribution in [0.25, 0.3) is 11.4 Å². The second-order valence-corrected chi connectivity index (χ2v) is 8.86. The smallest absolute Gasteiger partial charge is 0.234 e. The lowest BCUT2D eigenvalue weighted by atomic mass is 10.2. The van der Waals surface area contributed by atoms with Crippen LogP contribution < -0.4 is 10.6 Å². The average Bonchev–Trinajstić information content (AvgIpc) is 3.21. The molecule has 3 aromatic carbocycles. The van der Waals surface area contributed by atoms with Gasteiger partial charge >= 0.3 is 0 Å². The molecule has 2 amide bonds. The molecule has 4 rings (SSSR count). The monoisotopic (exact) mass is 491 g/mol. The summed E-state index contributed by atoms with van der Waals surface area (Å²) in [6.07, 6.45) is 0. The van der Waals surface area contributed by atoms with Crippen molar-refractivity contribution in [1.82, 2.24) is 14.8 Å². The van der Waals surface area contributed by atoms with Gasteiger partial charge < -0.3 is 10.6 Å². The summed E-state index contributed by atoms with van der Waals surface area (Å²) in [5.74, 6) is 0.491. The van der Waals surface area contributed by atoms with Crippen molar-refractivity contribution in [2.24, 2.45) is 0 Å². The zero-order valence-electron chi connectivity index (χ0n) is 18.4. The molecular weight excluding hydrogens is 470 g/mol. The van der Waals surface area contributed by atoms with Crippen LogP contribution in [0.3, 0.4) is 0 Å². The van der Waals surface area contributed by atoms with E-state index >= 15 is 0 Å². The highest BCUT2D eigenvalue weighted by Crippen LogP contribution is 2.26. The summed E-state index contributed by atoms with van der Waals surface area (Å²) >= 11 is 7.36. The first-order chi connectivity index (χ1) is 16.5. The van der Waals surface area contributed by atoms with Crippen LogP contribution >= 0.6 is 23.4 Å². The van der Waals surface area contributed by atoms with E-state index in [0.717, 1.165) is 11.1 Å². The molecule has 0 saturated heterocycles. The average molecular weight is 492 g/mol. The Morgan fingerprint density at radius 2 is 1.62 bits per heavy atom. The summed E-state index contributed by atoms with van der Waals surface area (Å²) in [7, 11) is 0. The molecule has 0 fully saturated rings. The first-order valence-corrected chi connectivity index (χ1v) is 11.9. The predicted molar refractivity (Wildman–Crippen MR) is 136 cm³/mol. The number of thioether (sulfide) groups is 1. The normalized spacial score (nSPS) is 10.6. The van der Waals surface area contributed by atoms with Crippen LogP contribution in [0.4, 0.5) is 11.4 Å². The molecule has 0 aliphatic carbocycles. The van der Waals surface area contributed by atoms with Gasteiger partial charge in [0.2, 0.25) is 11.8 Å². The molecule has 1 heterocycles. The minimum Gasteiger partial charge on any atom is -0.326 e. The van der Waals surface area contributed by atoms with E-state index in [-0.39, 0.29) is 17.6 Å². The third-order valence-electron chi connectivity index (χ3n) is 4.80. The lowest BCUT2D eigenvalue weighted by molar-refractivity contribution is -0.114. The molecule has 4 aromatic rings. The van der Waals surface area contributed by atoms with Gasteiger partial charge in [-0.15, -0.1) is 10.2 Å². The third-order valence-corrected chi connectivity index (χ3v) is 6.02. The van der Waals surface area contributed by atoms with Crippen molar-refractivity contribution in [3.63, 3.8) is 0 Å². The van der Waals surface area contributed by atoms with Crippen molar-refractivity contribution in [1.29, 1.82) is 0 Å². The van der Waals surface area contributed by atoms with Crippen molar-refractivity contribution in [2.45, 2.75) is 18.6 Å². The molecule has 0 unspecified atom stereocenters. The Morgan fingerprint density at radius 3 is 2.32 bits per heavy atom. The second-order valence-electron chi connectivity index (χ2n) is 7.48. The van der Waals surface area contributed by atoms with Gasteiger partial charge in [0.1, 0.15) is 0 Å². The van der Waals surface area contributed by atoms with Crippen LogP contribution in [0.5, 0.6) is 0 Å². The highest BCUT2D eigenvalue weighted by atomic mass is 35.5. The number of rotatable bonds is 8. The summed E-state index contributed by atoms with van der Waals surface area (Å²) in [6, 6.07) is 24.4. The highest BCUT2D eigenvalue weighted by Gasteiger charge is 2.16. The van der Waals surface area contributed by atoms with Crippen LogP contribution in [-0.2, 0) is 16.1 Å². The van der Waals surface area contributed by atoms with E-state index in [9.17, 15) is 9.59 Å². The first-order valence-electron chi connectivity index (χ1n) is 10.5. The molecule has 0 aliphatic heterocycles. The van der Waals surface area contributed by atoms with Gasteiger partial charge in [0.15, 0.2) is 11.0 Å². The van der Waals surface area contributed by atoms with Crippen LogP contribution in [-0.4, -0.2) is 32.3 Å². The molecule has 34 heavy (non-hydrogen) atoms. The molecule has 9 heteroatoms. The summed E-state index contributed by atoms with van der Waals surface area (Å²) in [4.78, 5) is 23.9. The molecule has 2 N–H and O–H groups in total. The van der Waals surface area contributed by atoms with E-state index in [2.05, 4.69) is 20.8 Å². The fourth-order valence-electron chi connectivity index (χ4n) is 3.32. The number of benzene rings is 3. The van der Waals surface area contributed by atoms with Crippen LogP contribution in [0.1, 0.15) is 12.5 Å². The van der Waals surface area contributed by atoms with Gasteiger partial charge in [-0.2, -0.15) is 0 Å². The number of halogens is 1. The first kappa shape index (κ1) is 23.5. The summed E-state index contributed by atoms with van der Waals surface area (Å²) < 4.78 is 1.99. The van der Waals surface area contributed by atoms with Gasteiger partial charge in [-0.05, 0) is 48.0 Å². The third kappa shape index (κ3) is 6.24. The molecule has 0 radical (unpaired) electrons. The van der Waals surface area contributed by atoms with Gasteiger partial charge in [0.05, 0.1) is 12.3 Å². The predicted octanol–water partition coefficient (Wildman–Crippen LogP) is 5.34. The second kappa shape index (κ2) is 11.0. The van der Waals surface area contributed by atoms with E-state index in [1.165, 1.54) is 18.7 Å². The molecule has 7 nitrogen and oxygen atoms in total. The number of aromatic nitrogens is 3. The maximum absolute atomic E-state index is 12.6. The van der Waals surface area contributed by atoms with Crippen molar-refractivity contribution < 1.29 is 9.59 Å². The number of anilines is 2. The quantitative estimate of drug-likeness (QED) is 0.325. The summed E-state index contributed by atoms with van der Waals surface area (Å²) in [5, 5.41) is 15.6. The van der Waals surface area contributed by atoms with Crippen LogP contribution in [0.2, 0.25) is 5.02 Å². The Bertz CT molecular complexity index is 1290. The molecule has 0 atom stereocenters. The van der Waals surface area contributed by atoms with E-state index in [0.29, 0.717) is 33.9 Å². The van der Waals surface area contributed by atoms with Crippen molar-refractivity contribution in [3.05, 3.63) is 89.4 Å². The number of carbonyl (C=O) groups excluding carboxylic acids is 2. The largest absolute Gasteiger partial charge is 0.326 e. The number of amides is 2. The summed E-state index contributed by atoms with van der Waals surface area (Å²) in [6.45, 7) is 2.00. The molecule has 0 saturated carbocycles. The Balaban J connectivity index is 1.50.